The molecule has 0 radical (unpaired) electrons. The molecule has 0 aromatic heterocycles. The molecule has 6 nitrogen and oxygen atoms in total. The number of esters is 3. The third-order valence-electron chi connectivity index (χ3n) is 4.54. The zero-order chi connectivity index (χ0) is 20.5. The molecule has 0 fully saturated rings. The van der Waals surface area contributed by atoms with Crippen LogP contribution in [0.25, 0.3) is 0 Å². The smallest absolute Gasteiger partial charge is 0.324 e. The minimum atomic E-state index is -1.61. The summed E-state index contributed by atoms with van der Waals surface area (Å²) < 4.78 is 15.2. The zero-order valence-corrected chi connectivity index (χ0v) is 17.6. The Morgan fingerprint density at radius 3 is 1.52 bits per heavy atom. The van der Waals surface area contributed by atoms with E-state index in [9.17, 15) is 14.4 Å². The number of carbonyl (C=O) groups is 3. The molecule has 0 N–H and O–H groups in total. The lowest BCUT2D eigenvalue weighted by Gasteiger charge is -2.28. The minimum Gasteiger partial charge on any atom is -0.466 e. The molecule has 0 aromatic rings. The summed E-state index contributed by atoms with van der Waals surface area (Å²) >= 11 is 0. The van der Waals surface area contributed by atoms with E-state index in [0.29, 0.717) is 6.42 Å². The number of carbonyl (C=O) groups excluding carboxylic acids is 3. The molecule has 0 atom stereocenters. The van der Waals surface area contributed by atoms with Gasteiger partial charge in [0.2, 0.25) is 0 Å². The van der Waals surface area contributed by atoms with Crippen molar-refractivity contribution in [1.29, 1.82) is 0 Å². The maximum Gasteiger partial charge on any atom is 0.324 e. The first kappa shape index (κ1) is 25.4. The van der Waals surface area contributed by atoms with Crippen molar-refractivity contribution in [2.45, 2.75) is 91.9 Å². The zero-order valence-electron chi connectivity index (χ0n) is 17.6. The molecule has 158 valence electrons. The van der Waals surface area contributed by atoms with Crippen LogP contribution in [0.15, 0.2) is 0 Å². The van der Waals surface area contributed by atoms with E-state index in [1.54, 1.807) is 20.8 Å². The van der Waals surface area contributed by atoms with Crippen LogP contribution in [0.5, 0.6) is 0 Å². The SMILES string of the molecule is CCCCCCCCCCC(CC(=O)OCC)(C(=O)OCC)C(=O)OCC. The fraction of sp³-hybridized carbons (Fsp3) is 0.857. The summed E-state index contributed by atoms with van der Waals surface area (Å²) in [5.41, 5.74) is -1.61. The highest BCUT2D eigenvalue weighted by atomic mass is 16.6. The van der Waals surface area contributed by atoms with Gasteiger partial charge in [0.1, 0.15) is 0 Å². The van der Waals surface area contributed by atoms with Crippen molar-refractivity contribution in [3.05, 3.63) is 0 Å². The maximum atomic E-state index is 12.6. The van der Waals surface area contributed by atoms with E-state index in [1.807, 2.05) is 0 Å². The Labute approximate surface area is 164 Å². The molecule has 0 saturated heterocycles. The second-order valence-corrected chi connectivity index (χ2v) is 6.73. The molecule has 0 aliphatic heterocycles. The van der Waals surface area contributed by atoms with Crippen molar-refractivity contribution >= 4 is 17.9 Å². The predicted octanol–water partition coefficient (Wildman–Crippen LogP) is 4.58. The van der Waals surface area contributed by atoms with Gasteiger partial charge in [-0.05, 0) is 27.2 Å². The van der Waals surface area contributed by atoms with Crippen LogP contribution >= 0.6 is 0 Å². The van der Waals surface area contributed by atoms with Crippen molar-refractivity contribution in [2.24, 2.45) is 5.41 Å². The Balaban J connectivity index is 4.97. The summed E-state index contributed by atoms with van der Waals surface area (Å²) in [5, 5.41) is 0. The Morgan fingerprint density at radius 2 is 1.07 bits per heavy atom. The summed E-state index contributed by atoms with van der Waals surface area (Å²) in [6.07, 6.45) is 8.57. The Kier molecular flexibility index (Phi) is 14.6. The van der Waals surface area contributed by atoms with Crippen LogP contribution in [0.2, 0.25) is 0 Å². The van der Waals surface area contributed by atoms with E-state index in [0.717, 1.165) is 19.3 Å². The summed E-state index contributed by atoms with van der Waals surface area (Å²) in [5.74, 6) is -1.97. The summed E-state index contributed by atoms with van der Waals surface area (Å²) in [6.45, 7) is 7.70. The van der Waals surface area contributed by atoms with E-state index in [4.69, 9.17) is 14.2 Å². The van der Waals surface area contributed by atoms with Crippen molar-refractivity contribution in [1.82, 2.24) is 0 Å². The predicted molar refractivity (Wildman–Crippen MR) is 104 cm³/mol. The van der Waals surface area contributed by atoms with Crippen molar-refractivity contribution in [3.63, 3.8) is 0 Å². The van der Waals surface area contributed by atoms with Crippen molar-refractivity contribution < 1.29 is 28.6 Å². The molecule has 0 rings (SSSR count). The lowest BCUT2D eigenvalue weighted by Crippen LogP contribution is -2.44. The van der Waals surface area contributed by atoms with Gasteiger partial charge in [0, 0.05) is 0 Å². The third-order valence-corrected chi connectivity index (χ3v) is 4.54. The van der Waals surface area contributed by atoms with Crippen molar-refractivity contribution in [2.75, 3.05) is 19.8 Å². The van der Waals surface area contributed by atoms with E-state index in [2.05, 4.69) is 6.92 Å². The first-order valence-corrected chi connectivity index (χ1v) is 10.5. The van der Waals surface area contributed by atoms with Gasteiger partial charge in [-0.25, -0.2) is 0 Å². The molecule has 0 heterocycles. The van der Waals surface area contributed by atoms with E-state index < -0.39 is 23.3 Å². The number of unbranched alkanes of at least 4 members (excludes halogenated alkanes) is 7. The lowest BCUT2D eigenvalue weighted by molar-refractivity contribution is -0.177. The fourth-order valence-electron chi connectivity index (χ4n) is 3.08. The van der Waals surface area contributed by atoms with Crippen LogP contribution in [0.4, 0.5) is 0 Å². The Morgan fingerprint density at radius 1 is 0.630 bits per heavy atom. The normalized spacial score (nSPS) is 11.1. The molecule has 0 aliphatic carbocycles. The van der Waals surface area contributed by atoms with Gasteiger partial charge in [-0.2, -0.15) is 0 Å². The number of hydrogen-bond acceptors (Lipinski definition) is 6. The van der Waals surface area contributed by atoms with Gasteiger partial charge in [-0.1, -0.05) is 58.3 Å². The van der Waals surface area contributed by atoms with Gasteiger partial charge in [0.15, 0.2) is 5.41 Å². The van der Waals surface area contributed by atoms with E-state index in [1.165, 1.54) is 25.7 Å². The van der Waals surface area contributed by atoms with Gasteiger partial charge in [-0.3, -0.25) is 14.4 Å². The Bertz CT molecular complexity index is 414. The Hall–Kier alpha value is -1.59. The quantitative estimate of drug-likeness (QED) is 0.167. The van der Waals surface area contributed by atoms with Crippen LogP contribution < -0.4 is 0 Å². The molecule has 6 heteroatoms. The highest BCUT2D eigenvalue weighted by Gasteiger charge is 2.50. The fourth-order valence-corrected chi connectivity index (χ4v) is 3.08. The summed E-state index contributed by atoms with van der Waals surface area (Å²) in [7, 11) is 0. The topological polar surface area (TPSA) is 78.9 Å². The molecule has 27 heavy (non-hydrogen) atoms. The minimum absolute atomic E-state index is 0.139. The molecule has 0 amide bonds. The molecule has 0 saturated carbocycles. The lowest BCUT2D eigenvalue weighted by atomic mass is 9.79. The van der Waals surface area contributed by atoms with Gasteiger partial charge < -0.3 is 14.2 Å². The van der Waals surface area contributed by atoms with Crippen LogP contribution in [-0.4, -0.2) is 37.7 Å². The molecule has 0 aliphatic rings. The first-order valence-electron chi connectivity index (χ1n) is 10.5. The first-order chi connectivity index (χ1) is 13.0. The van der Waals surface area contributed by atoms with E-state index >= 15 is 0 Å². The molecule has 0 unspecified atom stereocenters. The maximum absolute atomic E-state index is 12.6. The molecular formula is C21H38O6. The van der Waals surface area contributed by atoms with Crippen LogP contribution in [0, 0.1) is 5.41 Å². The molecule has 0 spiro atoms. The number of rotatable bonds is 16. The number of hydrogen-bond donors (Lipinski definition) is 0. The average Bonchev–Trinajstić information content (AvgIpc) is 2.63. The second kappa shape index (κ2) is 15.5. The molecule has 0 bridgehead atoms. The van der Waals surface area contributed by atoms with Gasteiger partial charge in [0.25, 0.3) is 0 Å². The van der Waals surface area contributed by atoms with Gasteiger partial charge in [-0.15, -0.1) is 0 Å². The van der Waals surface area contributed by atoms with Crippen LogP contribution in [0.1, 0.15) is 91.9 Å². The highest BCUT2D eigenvalue weighted by molar-refractivity contribution is 6.03. The van der Waals surface area contributed by atoms with Crippen LogP contribution in [0.3, 0.4) is 0 Å². The summed E-state index contributed by atoms with van der Waals surface area (Å²) in [6, 6.07) is 0. The van der Waals surface area contributed by atoms with Gasteiger partial charge >= 0.3 is 17.9 Å². The largest absolute Gasteiger partial charge is 0.466 e. The van der Waals surface area contributed by atoms with E-state index in [-0.39, 0.29) is 32.7 Å². The molecular weight excluding hydrogens is 348 g/mol. The highest BCUT2D eigenvalue weighted by Crippen LogP contribution is 2.34. The molecule has 0 aromatic carbocycles. The number of ether oxygens (including phenoxy) is 3. The standard InChI is InChI=1S/C21H38O6/c1-5-9-10-11-12-13-14-15-16-21(19(23)26-7-3,20(24)27-8-4)17-18(22)25-6-2/h5-17H2,1-4H3. The monoisotopic (exact) mass is 386 g/mol. The summed E-state index contributed by atoms with van der Waals surface area (Å²) in [4.78, 5) is 37.3. The van der Waals surface area contributed by atoms with Gasteiger partial charge in [0.05, 0.1) is 26.2 Å². The van der Waals surface area contributed by atoms with Crippen molar-refractivity contribution in [3.8, 4) is 0 Å². The average molecular weight is 387 g/mol. The third kappa shape index (κ3) is 9.78. The second-order valence-electron chi connectivity index (χ2n) is 6.73. The van der Waals surface area contributed by atoms with Crippen LogP contribution in [-0.2, 0) is 28.6 Å².